The molecule has 1 aromatic rings. The number of aliphatic imine (C=N–C) groups is 1. The molecule has 1 fully saturated rings. The van der Waals surface area contributed by atoms with Crippen molar-refractivity contribution in [1.82, 2.24) is 15.5 Å². The molecule has 27 heavy (non-hydrogen) atoms. The van der Waals surface area contributed by atoms with E-state index < -0.39 is 6.10 Å². The zero-order chi connectivity index (χ0) is 19.5. The van der Waals surface area contributed by atoms with Gasteiger partial charge in [-0.15, -0.1) is 0 Å². The second-order valence-electron chi connectivity index (χ2n) is 7.30. The number of nitrogens with one attached hydrogen (secondary N) is 2. The third kappa shape index (κ3) is 8.18. The highest BCUT2D eigenvalue weighted by atomic mass is 16.5. The van der Waals surface area contributed by atoms with Crippen molar-refractivity contribution in [1.29, 1.82) is 0 Å². The molecule has 0 radical (unpaired) electrons. The molecule has 1 aromatic carbocycles. The Hall–Kier alpha value is -1.79. The number of rotatable bonds is 9. The van der Waals surface area contributed by atoms with E-state index in [9.17, 15) is 5.11 Å². The van der Waals surface area contributed by atoms with E-state index >= 15 is 0 Å². The SMILES string of the molecule is CCNC(=NCC(O)c1ccc(OC(C)C)cc1)NCCN1CCCCC1. The van der Waals surface area contributed by atoms with Crippen molar-refractivity contribution in [2.75, 3.05) is 39.3 Å². The van der Waals surface area contributed by atoms with E-state index in [0.717, 1.165) is 36.9 Å². The number of likely N-dealkylation sites (tertiary alicyclic amines) is 1. The molecule has 3 N–H and O–H groups in total. The van der Waals surface area contributed by atoms with Gasteiger partial charge >= 0.3 is 0 Å². The summed E-state index contributed by atoms with van der Waals surface area (Å²) < 4.78 is 5.64. The first-order valence-electron chi connectivity index (χ1n) is 10.3. The van der Waals surface area contributed by atoms with E-state index in [1.807, 2.05) is 45.0 Å². The van der Waals surface area contributed by atoms with Crippen LogP contribution in [0, 0.1) is 0 Å². The molecule has 1 saturated heterocycles. The van der Waals surface area contributed by atoms with Crippen LogP contribution in [0.5, 0.6) is 5.75 Å². The molecule has 0 aromatic heterocycles. The molecule has 0 amide bonds. The summed E-state index contributed by atoms with van der Waals surface area (Å²) in [4.78, 5) is 7.03. The monoisotopic (exact) mass is 376 g/mol. The molecule has 2 rings (SSSR count). The number of piperidine rings is 1. The number of hydrogen-bond acceptors (Lipinski definition) is 4. The third-order valence-corrected chi connectivity index (χ3v) is 4.57. The number of aliphatic hydroxyl groups is 1. The van der Waals surface area contributed by atoms with Crippen LogP contribution >= 0.6 is 0 Å². The van der Waals surface area contributed by atoms with Crippen LogP contribution in [0.2, 0.25) is 0 Å². The average Bonchev–Trinajstić information content (AvgIpc) is 2.67. The lowest BCUT2D eigenvalue weighted by Gasteiger charge is -2.26. The molecule has 1 atom stereocenters. The normalized spacial score (nSPS) is 17.0. The molecule has 1 unspecified atom stereocenters. The van der Waals surface area contributed by atoms with Crippen molar-refractivity contribution in [3.05, 3.63) is 29.8 Å². The Balaban J connectivity index is 1.81. The van der Waals surface area contributed by atoms with Crippen molar-refractivity contribution in [2.45, 2.75) is 52.2 Å². The summed E-state index contributed by atoms with van der Waals surface area (Å²) in [6.45, 7) is 11.5. The highest BCUT2D eigenvalue weighted by Crippen LogP contribution is 2.19. The van der Waals surface area contributed by atoms with E-state index in [0.29, 0.717) is 6.54 Å². The summed E-state index contributed by atoms with van der Waals surface area (Å²) in [5.41, 5.74) is 0.846. The van der Waals surface area contributed by atoms with Crippen LogP contribution in [0.3, 0.4) is 0 Å². The van der Waals surface area contributed by atoms with E-state index in [-0.39, 0.29) is 6.10 Å². The zero-order valence-electron chi connectivity index (χ0n) is 17.1. The molecule has 1 aliphatic rings. The van der Waals surface area contributed by atoms with Gasteiger partial charge in [0.25, 0.3) is 0 Å². The Labute approximate surface area is 164 Å². The van der Waals surface area contributed by atoms with Crippen LogP contribution in [-0.4, -0.2) is 61.3 Å². The van der Waals surface area contributed by atoms with E-state index in [2.05, 4.69) is 20.5 Å². The fraction of sp³-hybridized carbons (Fsp3) is 0.667. The first kappa shape index (κ1) is 21.5. The predicted molar refractivity (Wildman–Crippen MR) is 111 cm³/mol. The number of nitrogens with zero attached hydrogens (tertiary/aromatic N) is 2. The molecule has 6 nitrogen and oxygen atoms in total. The molecule has 0 saturated carbocycles. The van der Waals surface area contributed by atoms with Gasteiger partial charge in [-0.2, -0.15) is 0 Å². The quantitative estimate of drug-likeness (QED) is 0.456. The minimum atomic E-state index is -0.629. The molecule has 152 valence electrons. The predicted octanol–water partition coefficient (Wildman–Crippen LogP) is 2.55. The molecule has 1 heterocycles. The van der Waals surface area contributed by atoms with E-state index in [4.69, 9.17) is 4.74 Å². The van der Waals surface area contributed by atoms with E-state index in [1.54, 1.807) is 0 Å². The van der Waals surface area contributed by atoms with Gasteiger partial charge in [0.1, 0.15) is 5.75 Å². The van der Waals surface area contributed by atoms with Crippen LogP contribution in [0.1, 0.15) is 51.7 Å². The fourth-order valence-electron chi connectivity index (χ4n) is 3.18. The number of hydrogen-bond donors (Lipinski definition) is 3. The summed E-state index contributed by atoms with van der Waals surface area (Å²) in [6, 6.07) is 7.58. The van der Waals surface area contributed by atoms with E-state index in [1.165, 1.54) is 32.4 Å². The lowest BCUT2D eigenvalue weighted by molar-refractivity contribution is 0.186. The maximum absolute atomic E-state index is 10.4. The van der Waals surface area contributed by atoms with Gasteiger partial charge in [0.15, 0.2) is 5.96 Å². The third-order valence-electron chi connectivity index (χ3n) is 4.57. The number of benzene rings is 1. The van der Waals surface area contributed by atoms with Crippen molar-refractivity contribution < 1.29 is 9.84 Å². The summed E-state index contributed by atoms with van der Waals surface area (Å²) in [7, 11) is 0. The Bertz CT molecular complexity index is 554. The highest BCUT2D eigenvalue weighted by molar-refractivity contribution is 5.79. The van der Waals surface area contributed by atoms with Crippen molar-refractivity contribution >= 4 is 5.96 Å². The Morgan fingerprint density at radius 2 is 1.85 bits per heavy atom. The summed E-state index contributed by atoms with van der Waals surface area (Å²) in [5, 5.41) is 17.0. The van der Waals surface area contributed by atoms with Crippen LogP contribution in [0.4, 0.5) is 0 Å². The molecule has 0 spiro atoms. The van der Waals surface area contributed by atoms with Gasteiger partial charge in [0.05, 0.1) is 18.8 Å². The average molecular weight is 377 g/mol. The first-order chi connectivity index (χ1) is 13.1. The topological polar surface area (TPSA) is 69.1 Å². The second kappa shape index (κ2) is 11.8. The maximum Gasteiger partial charge on any atom is 0.191 e. The van der Waals surface area contributed by atoms with Crippen LogP contribution in [-0.2, 0) is 0 Å². The van der Waals surface area contributed by atoms with Crippen molar-refractivity contribution in [3.63, 3.8) is 0 Å². The van der Waals surface area contributed by atoms with Gasteiger partial charge in [-0.3, -0.25) is 4.99 Å². The second-order valence-corrected chi connectivity index (χ2v) is 7.30. The molecule has 1 aliphatic heterocycles. The van der Waals surface area contributed by atoms with Gasteiger partial charge in [-0.05, 0) is 64.4 Å². The van der Waals surface area contributed by atoms with Gasteiger partial charge in [-0.25, -0.2) is 0 Å². The largest absolute Gasteiger partial charge is 0.491 e. The van der Waals surface area contributed by atoms with Crippen LogP contribution < -0.4 is 15.4 Å². The van der Waals surface area contributed by atoms with Gasteiger partial charge < -0.3 is 25.4 Å². The van der Waals surface area contributed by atoms with Gasteiger partial charge in [-0.1, -0.05) is 18.6 Å². The fourth-order valence-corrected chi connectivity index (χ4v) is 3.18. The molecule has 0 bridgehead atoms. The molecular weight excluding hydrogens is 340 g/mol. The maximum atomic E-state index is 10.4. The summed E-state index contributed by atoms with van der Waals surface area (Å²) in [6.07, 6.45) is 3.49. The van der Waals surface area contributed by atoms with Crippen LogP contribution in [0.15, 0.2) is 29.3 Å². The summed E-state index contributed by atoms with van der Waals surface area (Å²) >= 11 is 0. The standard InChI is InChI=1S/C21H36N4O2/c1-4-22-21(23-12-15-25-13-6-5-7-14-25)24-16-20(26)18-8-10-19(11-9-18)27-17(2)3/h8-11,17,20,26H,4-7,12-16H2,1-3H3,(H2,22,23,24). The lowest BCUT2D eigenvalue weighted by Crippen LogP contribution is -2.42. The minimum absolute atomic E-state index is 0.143. The Kier molecular flexibility index (Phi) is 9.42. The number of ether oxygens (including phenoxy) is 1. The molecular formula is C21H36N4O2. The highest BCUT2D eigenvalue weighted by Gasteiger charge is 2.11. The molecule has 6 heteroatoms. The first-order valence-corrected chi connectivity index (χ1v) is 10.3. The number of aliphatic hydroxyl groups excluding tert-OH is 1. The van der Waals surface area contributed by atoms with Gasteiger partial charge in [0.2, 0.25) is 0 Å². The summed E-state index contributed by atoms with van der Waals surface area (Å²) in [5.74, 6) is 1.57. The minimum Gasteiger partial charge on any atom is -0.491 e. The number of guanidine groups is 1. The van der Waals surface area contributed by atoms with Crippen molar-refractivity contribution in [3.8, 4) is 5.75 Å². The lowest BCUT2D eigenvalue weighted by atomic mass is 10.1. The zero-order valence-corrected chi connectivity index (χ0v) is 17.1. The smallest absolute Gasteiger partial charge is 0.191 e. The van der Waals surface area contributed by atoms with Crippen LogP contribution in [0.25, 0.3) is 0 Å². The Morgan fingerprint density at radius 3 is 2.48 bits per heavy atom. The van der Waals surface area contributed by atoms with Gasteiger partial charge in [0, 0.05) is 19.6 Å². The van der Waals surface area contributed by atoms with Crippen molar-refractivity contribution in [2.24, 2.45) is 4.99 Å². The molecule has 0 aliphatic carbocycles. The Morgan fingerprint density at radius 1 is 1.15 bits per heavy atom.